The number of alkyl halides is 6. The maximum Gasteiger partial charge on any atom is 0.419 e. The van der Waals surface area contributed by atoms with Gasteiger partial charge in [0.1, 0.15) is 11.7 Å². The molecule has 1 aromatic heterocycles. The van der Waals surface area contributed by atoms with Gasteiger partial charge in [-0.1, -0.05) is 12.8 Å². The van der Waals surface area contributed by atoms with Gasteiger partial charge < -0.3 is 15.5 Å². The van der Waals surface area contributed by atoms with Crippen LogP contribution in [0.5, 0.6) is 0 Å². The fourth-order valence-corrected chi connectivity index (χ4v) is 5.30. The molecular formula is C27H30F6N6. The van der Waals surface area contributed by atoms with Gasteiger partial charge in [-0.2, -0.15) is 26.3 Å². The first kappa shape index (κ1) is 27.3. The molecule has 12 heteroatoms. The van der Waals surface area contributed by atoms with E-state index in [0.29, 0.717) is 30.9 Å². The fraction of sp³-hybridized carbons (Fsp3) is 0.481. The molecule has 5 rings (SSSR count). The van der Waals surface area contributed by atoms with Crippen molar-refractivity contribution in [3.05, 3.63) is 65.0 Å². The van der Waals surface area contributed by atoms with Crippen LogP contribution in [-0.4, -0.2) is 48.2 Å². The van der Waals surface area contributed by atoms with Crippen molar-refractivity contribution in [3.63, 3.8) is 0 Å². The largest absolute Gasteiger partial charge is 0.419 e. The van der Waals surface area contributed by atoms with Crippen LogP contribution in [0.2, 0.25) is 0 Å². The summed E-state index contributed by atoms with van der Waals surface area (Å²) in [5, 5.41) is 6.72. The molecular weight excluding hydrogens is 522 g/mol. The van der Waals surface area contributed by atoms with Gasteiger partial charge >= 0.3 is 12.4 Å². The Hall–Kier alpha value is -3.28. The van der Waals surface area contributed by atoms with Crippen molar-refractivity contribution in [1.82, 2.24) is 15.2 Å². The molecule has 0 bridgehead atoms. The molecule has 0 aliphatic carbocycles. The number of benzene rings is 1. The quantitative estimate of drug-likeness (QED) is 0.441. The lowest BCUT2D eigenvalue weighted by Gasteiger charge is -2.34. The monoisotopic (exact) mass is 552 g/mol. The van der Waals surface area contributed by atoms with Crippen LogP contribution >= 0.6 is 0 Å². The van der Waals surface area contributed by atoms with E-state index in [1.807, 2.05) is 0 Å². The van der Waals surface area contributed by atoms with Crippen molar-refractivity contribution in [2.45, 2.75) is 57.2 Å². The molecule has 4 heterocycles. The normalized spacial score (nSPS) is 21.4. The molecule has 1 aromatic carbocycles. The summed E-state index contributed by atoms with van der Waals surface area (Å²) in [6.45, 7) is 2.31. The van der Waals surface area contributed by atoms with Gasteiger partial charge in [0.15, 0.2) is 6.29 Å². The van der Waals surface area contributed by atoms with E-state index >= 15 is 0 Å². The fourth-order valence-electron chi connectivity index (χ4n) is 5.30. The van der Waals surface area contributed by atoms with Gasteiger partial charge in [-0.3, -0.25) is 4.90 Å². The Kier molecular flexibility index (Phi) is 7.75. The zero-order chi connectivity index (χ0) is 27.6. The van der Waals surface area contributed by atoms with Gasteiger partial charge in [-0.25, -0.2) is 9.98 Å². The van der Waals surface area contributed by atoms with Crippen LogP contribution in [0, 0.1) is 0 Å². The van der Waals surface area contributed by atoms with E-state index in [1.54, 1.807) is 4.90 Å². The number of halogens is 6. The van der Waals surface area contributed by atoms with Crippen LogP contribution in [0.4, 0.5) is 37.8 Å². The molecule has 0 radical (unpaired) electrons. The molecule has 0 spiro atoms. The molecule has 39 heavy (non-hydrogen) atoms. The Labute approximate surface area is 222 Å². The molecule has 2 aromatic rings. The smallest absolute Gasteiger partial charge is 0.355 e. The summed E-state index contributed by atoms with van der Waals surface area (Å²) in [6.07, 6.45) is -2.81. The lowest BCUT2D eigenvalue weighted by Crippen LogP contribution is -2.48. The minimum atomic E-state index is -4.53. The number of nitrogens with zero attached hydrogens (tertiary/aromatic N) is 4. The highest BCUT2D eigenvalue weighted by Crippen LogP contribution is 2.37. The van der Waals surface area contributed by atoms with Crippen LogP contribution in [0.25, 0.3) is 0 Å². The van der Waals surface area contributed by atoms with Gasteiger partial charge in [0.25, 0.3) is 0 Å². The van der Waals surface area contributed by atoms with Crippen LogP contribution < -0.4 is 15.5 Å². The molecule has 3 aliphatic rings. The highest BCUT2D eigenvalue weighted by Gasteiger charge is 2.37. The van der Waals surface area contributed by atoms with E-state index in [-0.39, 0.29) is 18.7 Å². The van der Waals surface area contributed by atoms with Gasteiger partial charge in [0, 0.05) is 55.8 Å². The summed E-state index contributed by atoms with van der Waals surface area (Å²) in [5.41, 5.74) is 0.615. The SMILES string of the molecule is FC(F)(F)c1ccc(NC2=NC(N3CCCCCC3)NC3=C2CCN(c2ncccc2C(F)(F)F)CC3)cc1. The third kappa shape index (κ3) is 6.32. The topological polar surface area (TPSA) is 55.8 Å². The highest BCUT2D eigenvalue weighted by atomic mass is 19.4. The first-order valence-electron chi connectivity index (χ1n) is 13.1. The summed E-state index contributed by atoms with van der Waals surface area (Å²) in [6, 6.07) is 7.06. The maximum absolute atomic E-state index is 13.7. The summed E-state index contributed by atoms with van der Waals surface area (Å²) < 4.78 is 80.3. The number of rotatable bonds is 3. The van der Waals surface area contributed by atoms with E-state index in [2.05, 4.69) is 20.5 Å². The number of likely N-dealkylation sites (tertiary alicyclic amines) is 1. The van der Waals surface area contributed by atoms with Gasteiger partial charge in [-0.05, 0) is 55.7 Å². The number of pyridine rings is 1. The summed E-state index contributed by atoms with van der Waals surface area (Å²) in [7, 11) is 0. The van der Waals surface area contributed by atoms with Crippen LogP contribution in [0.15, 0.2) is 58.9 Å². The van der Waals surface area contributed by atoms with E-state index in [0.717, 1.165) is 68.2 Å². The second-order valence-corrected chi connectivity index (χ2v) is 9.96. The van der Waals surface area contributed by atoms with Crippen molar-refractivity contribution in [3.8, 4) is 0 Å². The number of hydrogen-bond donors (Lipinski definition) is 2. The minimum Gasteiger partial charge on any atom is -0.355 e. The Bertz CT molecular complexity index is 1210. The number of aromatic nitrogens is 1. The Morgan fingerprint density at radius 3 is 2.18 bits per heavy atom. The average molecular weight is 553 g/mol. The molecule has 210 valence electrons. The molecule has 1 atom stereocenters. The molecule has 3 aliphatic heterocycles. The zero-order valence-corrected chi connectivity index (χ0v) is 21.2. The summed E-state index contributed by atoms with van der Waals surface area (Å²) in [5.74, 6) is 0.416. The van der Waals surface area contributed by atoms with E-state index in [9.17, 15) is 26.3 Å². The van der Waals surface area contributed by atoms with Crippen LogP contribution in [0.3, 0.4) is 0 Å². The number of amidine groups is 1. The molecule has 0 amide bonds. The van der Waals surface area contributed by atoms with Crippen molar-refractivity contribution < 1.29 is 26.3 Å². The lowest BCUT2D eigenvalue weighted by atomic mass is 10.1. The standard InChI is InChI=1S/C27H30F6N6/c28-26(29,30)18-7-9-19(10-8-18)35-23-20-11-16-38(24-21(27(31,32)33)6-5-13-34-24)17-12-22(20)36-25(37-23)39-14-3-1-2-4-15-39/h5-10,13,25,36H,1-4,11-12,14-17H2,(H,35,37). The second-order valence-electron chi connectivity index (χ2n) is 9.96. The highest BCUT2D eigenvalue weighted by molar-refractivity contribution is 6.09. The third-order valence-electron chi connectivity index (χ3n) is 7.32. The number of aliphatic imine (C=N–C) groups is 1. The maximum atomic E-state index is 13.7. The van der Waals surface area contributed by atoms with Crippen LogP contribution in [0.1, 0.15) is 49.7 Å². The van der Waals surface area contributed by atoms with Gasteiger partial charge in [-0.15, -0.1) is 0 Å². The molecule has 1 saturated heterocycles. The molecule has 6 nitrogen and oxygen atoms in total. The predicted octanol–water partition coefficient (Wildman–Crippen LogP) is 6.25. The number of anilines is 2. The van der Waals surface area contributed by atoms with Crippen molar-refractivity contribution in [2.24, 2.45) is 4.99 Å². The van der Waals surface area contributed by atoms with Gasteiger partial charge in [0.05, 0.1) is 11.1 Å². The number of hydrogen-bond acceptors (Lipinski definition) is 6. The summed E-state index contributed by atoms with van der Waals surface area (Å²) in [4.78, 5) is 12.9. The zero-order valence-electron chi connectivity index (χ0n) is 21.2. The number of nitrogens with one attached hydrogen (secondary N) is 2. The Morgan fingerprint density at radius 2 is 1.51 bits per heavy atom. The van der Waals surface area contributed by atoms with Gasteiger partial charge in [0.2, 0.25) is 0 Å². The van der Waals surface area contributed by atoms with Crippen molar-refractivity contribution >= 4 is 17.3 Å². The average Bonchev–Trinajstić information content (AvgIpc) is 3.30. The van der Waals surface area contributed by atoms with Crippen LogP contribution in [-0.2, 0) is 12.4 Å². The lowest BCUT2D eigenvalue weighted by molar-refractivity contribution is -0.138. The second kappa shape index (κ2) is 11.1. The Balaban J connectivity index is 1.42. The van der Waals surface area contributed by atoms with E-state index in [1.165, 1.54) is 24.4 Å². The first-order chi connectivity index (χ1) is 18.6. The predicted molar refractivity (Wildman–Crippen MR) is 137 cm³/mol. The molecule has 2 N–H and O–H groups in total. The van der Waals surface area contributed by atoms with Crippen molar-refractivity contribution in [1.29, 1.82) is 0 Å². The third-order valence-corrected chi connectivity index (χ3v) is 7.32. The Morgan fingerprint density at radius 1 is 0.821 bits per heavy atom. The van der Waals surface area contributed by atoms with E-state index in [4.69, 9.17) is 4.99 Å². The van der Waals surface area contributed by atoms with Crippen molar-refractivity contribution in [2.75, 3.05) is 36.4 Å². The molecule has 1 fully saturated rings. The molecule has 1 unspecified atom stereocenters. The minimum absolute atomic E-state index is 0.108. The molecule has 0 saturated carbocycles. The first-order valence-corrected chi connectivity index (χ1v) is 13.1. The summed E-state index contributed by atoms with van der Waals surface area (Å²) >= 11 is 0. The van der Waals surface area contributed by atoms with E-state index < -0.39 is 23.5 Å².